The minimum Gasteiger partial charge on any atom is -0.489 e. The van der Waals surface area contributed by atoms with Crippen LogP contribution in [0, 0.1) is 0 Å². The highest BCUT2D eigenvalue weighted by atomic mass is 35.5. The second-order valence-electron chi connectivity index (χ2n) is 6.87. The maximum absolute atomic E-state index is 12.2. The van der Waals surface area contributed by atoms with E-state index in [4.69, 9.17) is 16.3 Å². The quantitative estimate of drug-likeness (QED) is 0.476. The Labute approximate surface area is 185 Å². The normalized spacial score (nSPS) is 11.8. The lowest BCUT2D eigenvalue weighted by atomic mass is 10.1. The Hall–Kier alpha value is -3.57. The molecule has 0 radical (unpaired) electrons. The van der Waals surface area contributed by atoms with Crippen LogP contribution in [0.25, 0.3) is 6.08 Å². The summed E-state index contributed by atoms with van der Waals surface area (Å²) in [5.74, 6) is -0.872. The Morgan fingerprint density at radius 3 is 2.32 bits per heavy atom. The Morgan fingerprint density at radius 2 is 1.65 bits per heavy atom. The fourth-order valence-electron chi connectivity index (χ4n) is 2.89. The zero-order valence-electron chi connectivity index (χ0n) is 16.7. The van der Waals surface area contributed by atoms with Crippen LogP contribution < -0.4 is 10.1 Å². The van der Waals surface area contributed by atoms with Gasteiger partial charge in [-0.15, -0.1) is 0 Å². The summed E-state index contributed by atoms with van der Waals surface area (Å²) in [6.45, 7) is 0.356. The molecule has 5 nitrogen and oxygen atoms in total. The number of nitrogens with one attached hydrogen (secondary N) is 1. The largest absolute Gasteiger partial charge is 0.489 e. The van der Waals surface area contributed by atoms with E-state index in [-0.39, 0.29) is 6.42 Å². The van der Waals surface area contributed by atoms with Crippen molar-refractivity contribution in [1.29, 1.82) is 0 Å². The zero-order chi connectivity index (χ0) is 22.1. The van der Waals surface area contributed by atoms with Gasteiger partial charge in [-0.1, -0.05) is 72.3 Å². The highest BCUT2D eigenvalue weighted by molar-refractivity contribution is 6.31. The standard InChI is InChI=1S/C25H22ClNO4/c26-22-9-5-4-8-20(22)17-31-21-13-10-18(11-14-21)12-15-24(28)27-23(25(29)30)16-19-6-2-1-3-7-19/h1-15,23H,16-17H2,(H,27,28)(H,29,30)/b15-12+/t23-/m0/s1. The first kappa shape index (κ1) is 22.1. The molecule has 158 valence electrons. The van der Waals surface area contributed by atoms with E-state index >= 15 is 0 Å². The molecular formula is C25H22ClNO4. The molecule has 0 aliphatic carbocycles. The molecule has 3 aromatic carbocycles. The van der Waals surface area contributed by atoms with Crippen molar-refractivity contribution in [2.75, 3.05) is 0 Å². The van der Waals surface area contributed by atoms with Crippen LogP contribution in [0.5, 0.6) is 5.75 Å². The van der Waals surface area contributed by atoms with Crippen LogP contribution in [0.15, 0.2) is 84.9 Å². The van der Waals surface area contributed by atoms with E-state index in [0.29, 0.717) is 17.4 Å². The average Bonchev–Trinajstić information content (AvgIpc) is 2.78. The monoisotopic (exact) mass is 435 g/mol. The Bertz CT molecular complexity index is 1050. The second kappa shape index (κ2) is 11.0. The molecule has 6 heteroatoms. The third kappa shape index (κ3) is 7.01. The summed E-state index contributed by atoms with van der Waals surface area (Å²) in [6, 6.07) is 22.9. The van der Waals surface area contributed by atoms with Crippen LogP contribution in [-0.2, 0) is 22.6 Å². The van der Waals surface area contributed by atoms with Crippen molar-refractivity contribution in [2.45, 2.75) is 19.1 Å². The molecule has 0 aromatic heterocycles. The SMILES string of the molecule is O=C(/C=C/c1ccc(OCc2ccccc2Cl)cc1)N[C@@H](Cc1ccccc1)C(=O)O. The van der Waals surface area contributed by atoms with E-state index < -0.39 is 17.9 Å². The third-order valence-corrected chi connectivity index (χ3v) is 4.93. The molecule has 0 aliphatic heterocycles. The first-order valence-corrected chi connectivity index (χ1v) is 10.1. The zero-order valence-corrected chi connectivity index (χ0v) is 17.5. The van der Waals surface area contributed by atoms with Crippen molar-refractivity contribution in [3.05, 3.63) is 107 Å². The summed E-state index contributed by atoms with van der Waals surface area (Å²) < 4.78 is 5.74. The number of aliphatic carboxylic acids is 1. The molecule has 1 atom stereocenters. The lowest BCUT2D eigenvalue weighted by molar-refractivity contribution is -0.141. The highest BCUT2D eigenvalue weighted by Crippen LogP contribution is 2.19. The Morgan fingerprint density at radius 1 is 0.968 bits per heavy atom. The van der Waals surface area contributed by atoms with E-state index in [2.05, 4.69) is 5.32 Å². The van der Waals surface area contributed by atoms with E-state index in [1.807, 2.05) is 66.7 Å². The number of amides is 1. The van der Waals surface area contributed by atoms with Gasteiger partial charge in [0, 0.05) is 23.1 Å². The topological polar surface area (TPSA) is 75.6 Å². The molecule has 0 saturated carbocycles. The molecular weight excluding hydrogens is 414 g/mol. The first-order valence-electron chi connectivity index (χ1n) is 9.73. The number of carboxylic acid groups (broad SMARTS) is 1. The number of carbonyl (C=O) groups excluding carboxylic acids is 1. The lowest BCUT2D eigenvalue weighted by Gasteiger charge is -2.13. The number of rotatable bonds is 9. The van der Waals surface area contributed by atoms with Crippen molar-refractivity contribution >= 4 is 29.6 Å². The van der Waals surface area contributed by atoms with Gasteiger partial charge in [0.2, 0.25) is 5.91 Å². The van der Waals surface area contributed by atoms with Gasteiger partial charge >= 0.3 is 5.97 Å². The van der Waals surface area contributed by atoms with Crippen molar-refractivity contribution in [3.63, 3.8) is 0 Å². The summed E-state index contributed by atoms with van der Waals surface area (Å²) in [5, 5.41) is 12.6. The molecule has 1 amide bonds. The maximum Gasteiger partial charge on any atom is 0.326 e. The second-order valence-corrected chi connectivity index (χ2v) is 7.28. The molecule has 3 aromatic rings. The van der Waals surface area contributed by atoms with Gasteiger partial charge in [0.15, 0.2) is 0 Å². The molecule has 0 spiro atoms. The predicted molar refractivity (Wildman–Crippen MR) is 121 cm³/mol. The minimum absolute atomic E-state index is 0.215. The number of hydrogen-bond acceptors (Lipinski definition) is 3. The summed E-state index contributed by atoms with van der Waals surface area (Å²) in [4.78, 5) is 23.7. The molecule has 3 rings (SSSR count). The van der Waals surface area contributed by atoms with Crippen molar-refractivity contribution < 1.29 is 19.4 Å². The molecule has 0 unspecified atom stereocenters. The molecule has 31 heavy (non-hydrogen) atoms. The van der Waals surface area contributed by atoms with Crippen LogP contribution in [0.4, 0.5) is 0 Å². The van der Waals surface area contributed by atoms with Crippen LogP contribution in [-0.4, -0.2) is 23.0 Å². The Kier molecular flexibility index (Phi) is 7.85. The molecule has 0 heterocycles. The summed E-state index contributed by atoms with van der Waals surface area (Å²) >= 11 is 6.12. The number of carboxylic acids is 1. The fraction of sp³-hybridized carbons (Fsp3) is 0.120. The van der Waals surface area contributed by atoms with Gasteiger partial charge in [-0.05, 0) is 35.4 Å². The van der Waals surface area contributed by atoms with Crippen LogP contribution >= 0.6 is 11.6 Å². The highest BCUT2D eigenvalue weighted by Gasteiger charge is 2.19. The van der Waals surface area contributed by atoms with E-state index in [0.717, 1.165) is 16.7 Å². The number of halogens is 1. The lowest BCUT2D eigenvalue weighted by Crippen LogP contribution is -2.41. The van der Waals surface area contributed by atoms with Crippen molar-refractivity contribution in [2.24, 2.45) is 0 Å². The summed E-state index contributed by atoms with van der Waals surface area (Å²) in [7, 11) is 0. The molecule has 0 bridgehead atoms. The van der Waals surface area contributed by atoms with Crippen LogP contribution in [0.1, 0.15) is 16.7 Å². The van der Waals surface area contributed by atoms with Gasteiger partial charge in [0.25, 0.3) is 0 Å². The van der Waals surface area contributed by atoms with Gasteiger partial charge in [-0.2, -0.15) is 0 Å². The average molecular weight is 436 g/mol. The van der Waals surface area contributed by atoms with E-state index in [1.165, 1.54) is 6.08 Å². The smallest absolute Gasteiger partial charge is 0.326 e. The van der Waals surface area contributed by atoms with E-state index in [9.17, 15) is 14.7 Å². The third-order valence-electron chi connectivity index (χ3n) is 4.56. The van der Waals surface area contributed by atoms with Crippen LogP contribution in [0.2, 0.25) is 5.02 Å². The fourth-order valence-corrected chi connectivity index (χ4v) is 3.08. The van der Waals surface area contributed by atoms with Gasteiger partial charge in [-0.3, -0.25) is 4.79 Å². The van der Waals surface area contributed by atoms with E-state index in [1.54, 1.807) is 18.2 Å². The van der Waals surface area contributed by atoms with Gasteiger partial charge in [-0.25, -0.2) is 4.79 Å². The van der Waals surface area contributed by atoms with Gasteiger partial charge in [0.1, 0.15) is 18.4 Å². The summed E-state index contributed by atoms with van der Waals surface area (Å²) in [6.07, 6.45) is 3.16. The minimum atomic E-state index is -1.08. The predicted octanol–water partition coefficient (Wildman–Crippen LogP) is 4.74. The maximum atomic E-state index is 12.2. The summed E-state index contributed by atoms with van der Waals surface area (Å²) in [5.41, 5.74) is 2.52. The molecule has 2 N–H and O–H groups in total. The first-order chi connectivity index (χ1) is 15.0. The van der Waals surface area contributed by atoms with Gasteiger partial charge in [0.05, 0.1) is 0 Å². The molecule has 0 saturated heterocycles. The number of ether oxygens (including phenoxy) is 1. The number of carbonyl (C=O) groups is 2. The van der Waals surface area contributed by atoms with Gasteiger partial charge < -0.3 is 15.2 Å². The van der Waals surface area contributed by atoms with Crippen LogP contribution in [0.3, 0.4) is 0 Å². The molecule has 0 aliphatic rings. The molecule has 0 fully saturated rings. The van der Waals surface area contributed by atoms with Crippen molar-refractivity contribution in [1.82, 2.24) is 5.32 Å². The van der Waals surface area contributed by atoms with Crippen molar-refractivity contribution in [3.8, 4) is 5.75 Å². The number of benzene rings is 3. The number of hydrogen-bond donors (Lipinski definition) is 2. The Balaban J connectivity index is 1.53.